The Morgan fingerprint density at radius 3 is 1.95 bits per heavy atom. The number of fused-ring (bicyclic) bond motifs is 3. The Morgan fingerprint density at radius 1 is 0.514 bits per heavy atom. The van der Waals surface area contributed by atoms with E-state index in [2.05, 4.69) is 126 Å². The van der Waals surface area contributed by atoms with E-state index in [-0.39, 0.29) is 0 Å². The van der Waals surface area contributed by atoms with Gasteiger partial charge in [-0.15, -0.1) is 0 Å². The van der Waals surface area contributed by atoms with Crippen molar-refractivity contribution in [1.29, 1.82) is 0 Å². The van der Waals surface area contributed by atoms with Gasteiger partial charge in [-0.1, -0.05) is 97.8 Å². The fourth-order valence-corrected chi connectivity index (χ4v) is 5.38. The van der Waals surface area contributed by atoms with Crippen LogP contribution in [0.5, 0.6) is 0 Å². The second-order valence-electron chi connectivity index (χ2n) is 9.87. The average molecular weight is 481 g/mol. The first kappa shape index (κ1) is 23.2. The summed E-state index contributed by atoms with van der Waals surface area (Å²) in [4.78, 5) is 4.86. The number of para-hydroxylation sites is 2. The van der Waals surface area contributed by atoms with Crippen LogP contribution < -0.4 is 0 Å². The van der Waals surface area contributed by atoms with E-state index in [1.165, 1.54) is 70.7 Å². The van der Waals surface area contributed by atoms with Crippen molar-refractivity contribution in [3.8, 4) is 16.9 Å². The lowest BCUT2D eigenvalue weighted by molar-refractivity contribution is 0.640. The van der Waals surface area contributed by atoms with Gasteiger partial charge in [0.25, 0.3) is 0 Å². The number of aryl methyl sites for hydroxylation is 2. The third kappa shape index (κ3) is 5.06. The molecule has 2 heterocycles. The number of benzene rings is 4. The lowest BCUT2D eigenvalue weighted by Crippen LogP contribution is -1.94. The van der Waals surface area contributed by atoms with Gasteiger partial charge in [0.2, 0.25) is 0 Å². The number of aromatic nitrogens is 2. The Kier molecular flexibility index (Phi) is 6.81. The van der Waals surface area contributed by atoms with Crippen molar-refractivity contribution in [3.05, 3.63) is 133 Å². The number of nitrogens with zero attached hydrogens (tertiary/aromatic N) is 2. The molecule has 6 rings (SSSR count). The van der Waals surface area contributed by atoms with Gasteiger partial charge in [0.05, 0.1) is 16.7 Å². The van der Waals surface area contributed by atoms with Crippen molar-refractivity contribution < 1.29 is 0 Å². The summed E-state index contributed by atoms with van der Waals surface area (Å²) in [5.74, 6) is 0. The van der Waals surface area contributed by atoms with E-state index in [1.54, 1.807) is 0 Å². The van der Waals surface area contributed by atoms with Gasteiger partial charge in [-0.05, 0) is 67.1 Å². The van der Waals surface area contributed by atoms with Gasteiger partial charge >= 0.3 is 0 Å². The minimum absolute atomic E-state index is 1.03. The minimum Gasteiger partial charge on any atom is -0.309 e. The molecule has 0 saturated carbocycles. The Labute approximate surface area is 219 Å². The number of unbranched alkanes of at least 4 members (excludes halogenated alkanes) is 3. The molecule has 0 aliphatic heterocycles. The molecule has 0 spiro atoms. The molecular weight excluding hydrogens is 448 g/mol. The first-order valence-electron chi connectivity index (χ1n) is 13.4. The summed E-state index contributed by atoms with van der Waals surface area (Å²) in [7, 11) is 0. The molecule has 4 aromatic carbocycles. The molecule has 182 valence electrons. The van der Waals surface area contributed by atoms with E-state index in [0.29, 0.717) is 0 Å². The van der Waals surface area contributed by atoms with Gasteiger partial charge in [0.1, 0.15) is 0 Å². The summed E-state index contributed by atoms with van der Waals surface area (Å²) in [6, 6.07) is 41.3. The molecular formula is C35H32N2. The maximum atomic E-state index is 4.86. The van der Waals surface area contributed by atoms with E-state index < -0.39 is 0 Å². The largest absolute Gasteiger partial charge is 0.309 e. The topological polar surface area (TPSA) is 17.8 Å². The maximum absolute atomic E-state index is 4.86. The van der Waals surface area contributed by atoms with E-state index in [1.807, 2.05) is 0 Å². The van der Waals surface area contributed by atoms with Gasteiger partial charge < -0.3 is 4.57 Å². The van der Waals surface area contributed by atoms with Crippen LogP contribution in [0.15, 0.2) is 121 Å². The van der Waals surface area contributed by atoms with Gasteiger partial charge in [0.15, 0.2) is 0 Å². The Balaban J connectivity index is 1.16. The van der Waals surface area contributed by atoms with Crippen molar-refractivity contribution in [3.63, 3.8) is 0 Å². The molecule has 0 amide bonds. The van der Waals surface area contributed by atoms with Gasteiger partial charge in [-0.25, -0.2) is 0 Å². The second kappa shape index (κ2) is 10.8. The Bertz CT molecular complexity index is 1600. The zero-order chi connectivity index (χ0) is 24.9. The molecule has 37 heavy (non-hydrogen) atoms. The molecule has 0 saturated heterocycles. The first-order chi connectivity index (χ1) is 18.4. The highest BCUT2D eigenvalue weighted by Crippen LogP contribution is 2.34. The molecule has 2 aromatic heterocycles. The van der Waals surface area contributed by atoms with Crippen molar-refractivity contribution in [2.24, 2.45) is 0 Å². The molecule has 0 fully saturated rings. The number of hydrogen-bond acceptors (Lipinski definition) is 1. The minimum atomic E-state index is 1.03. The predicted octanol–water partition coefficient (Wildman–Crippen LogP) is 9.19. The summed E-state index contributed by atoms with van der Waals surface area (Å²) >= 11 is 0. The quantitative estimate of drug-likeness (QED) is 0.189. The van der Waals surface area contributed by atoms with Crippen LogP contribution in [0.4, 0.5) is 0 Å². The smallest absolute Gasteiger partial charge is 0.0702 e. The number of pyridine rings is 1. The number of rotatable bonds is 9. The zero-order valence-electron chi connectivity index (χ0n) is 21.2. The Morgan fingerprint density at radius 2 is 1.19 bits per heavy atom. The predicted molar refractivity (Wildman–Crippen MR) is 156 cm³/mol. The molecule has 0 atom stereocenters. The summed E-state index contributed by atoms with van der Waals surface area (Å²) in [6.07, 6.45) is 9.40. The van der Waals surface area contributed by atoms with Gasteiger partial charge in [0, 0.05) is 28.2 Å². The molecule has 6 aromatic rings. The van der Waals surface area contributed by atoms with Crippen LogP contribution in [0.3, 0.4) is 0 Å². The summed E-state index contributed by atoms with van der Waals surface area (Å²) in [6.45, 7) is 0. The third-order valence-corrected chi connectivity index (χ3v) is 7.33. The van der Waals surface area contributed by atoms with E-state index in [4.69, 9.17) is 4.98 Å². The van der Waals surface area contributed by atoms with E-state index >= 15 is 0 Å². The highest BCUT2D eigenvalue weighted by Gasteiger charge is 2.13. The third-order valence-electron chi connectivity index (χ3n) is 7.33. The Hall–Kier alpha value is -4.17. The van der Waals surface area contributed by atoms with Gasteiger partial charge in [-0.3, -0.25) is 4.98 Å². The average Bonchev–Trinajstić information content (AvgIpc) is 3.30. The zero-order valence-corrected chi connectivity index (χ0v) is 21.2. The van der Waals surface area contributed by atoms with E-state index in [0.717, 1.165) is 17.7 Å². The molecule has 2 heteroatoms. The molecule has 0 bridgehead atoms. The van der Waals surface area contributed by atoms with Crippen LogP contribution in [-0.4, -0.2) is 9.55 Å². The highest BCUT2D eigenvalue weighted by molar-refractivity contribution is 6.10. The SMILES string of the molecule is c1ccc(CCCCCCc2ccc(-c3ccc4c5ccccc5n(-c5ccccc5)c4c3)nc2)cc1. The lowest BCUT2D eigenvalue weighted by atomic mass is 10.0. The molecule has 0 radical (unpaired) electrons. The molecule has 0 unspecified atom stereocenters. The lowest BCUT2D eigenvalue weighted by Gasteiger charge is -2.09. The fraction of sp³-hybridized carbons (Fsp3) is 0.171. The van der Waals surface area contributed by atoms with Crippen LogP contribution in [0.1, 0.15) is 36.8 Å². The van der Waals surface area contributed by atoms with Crippen LogP contribution >= 0.6 is 0 Å². The summed E-state index contributed by atoms with van der Waals surface area (Å²) in [5.41, 5.74) is 8.58. The monoisotopic (exact) mass is 480 g/mol. The maximum Gasteiger partial charge on any atom is 0.0702 e. The van der Waals surface area contributed by atoms with Crippen molar-refractivity contribution in [1.82, 2.24) is 9.55 Å². The fourth-order valence-electron chi connectivity index (χ4n) is 5.38. The second-order valence-corrected chi connectivity index (χ2v) is 9.87. The van der Waals surface area contributed by atoms with Gasteiger partial charge in [-0.2, -0.15) is 0 Å². The molecule has 0 aliphatic rings. The molecule has 2 nitrogen and oxygen atoms in total. The molecule has 0 aliphatic carbocycles. The van der Waals surface area contributed by atoms with Crippen LogP contribution in [-0.2, 0) is 12.8 Å². The standard InChI is InChI=1S/C35H32N2/c1(5-13-27-14-7-3-8-15-27)2-6-16-28-21-24-33(36-26-28)29-22-23-32-31-19-11-12-20-34(31)37(35(32)25-29)30-17-9-4-10-18-30/h3-4,7-12,14-15,17-26H,1-2,5-6,13,16H2. The van der Waals surface area contributed by atoms with Crippen molar-refractivity contribution >= 4 is 21.8 Å². The summed E-state index contributed by atoms with van der Waals surface area (Å²) < 4.78 is 2.36. The van der Waals surface area contributed by atoms with Crippen LogP contribution in [0, 0.1) is 0 Å². The van der Waals surface area contributed by atoms with Crippen molar-refractivity contribution in [2.45, 2.75) is 38.5 Å². The highest BCUT2D eigenvalue weighted by atomic mass is 15.0. The van der Waals surface area contributed by atoms with Crippen LogP contribution in [0.25, 0.3) is 38.8 Å². The first-order valence-corrected chi connectivity index (χ1v) is 13.4. The molecule has 0 N–H and O–H groups in total. The van der Waals surface area contributed by atoms with E-state index in [9.17, 15) is 0 Å². The van der Waals surface area contributed by atoms with Crippen LogP contribution in [0.2, 0.25) is 0 Å². The van der Waals surface area contributed by atoms with Crippen molar-refractivity contribution in [2.75, 3.05) is 0 Å². The normalized spacial score (nSPS) is 11.4. The summed E-state index contributed by atoms with van der Waals surface area (Å²) in [5, 5.41) is 2.55. The number of hydrogen-bond donors (Lipinski definition) is 0.